The number of nitro groups is 2. The Labute approximate surface area is 331 Å². The van der Waals surface area contributed by atoms with Crippen LogP contribution in [-0.2, 0) is 24.6 Å². The number of hydrogen-bond donors (Lipinski definition) is 2. The summed E-state index contributed by atoms with van der Waals surface area (Å²) in [5.41, 5.74) is 2.65. The highest BCUT2D eigenvalue weighted by Gasteiger charge is 2.70. The Morgan fingerprint density at radius 2 is 1.52 bits per heavy atom. The van der Waals surface area contributed by atoms with Gasteiger partial charge in [-0.2, -0.15) is 5.01 Å². The molecule has 4 amide bonds. The van der Waals surface area contributed by atoms with Gasteiger partial charge in [-0.15, -0.1) is 0 Å². The summed E-state index contributed by atoms with van der Waals surface area (Å²) >= 11 is 0. The molecule has 0 spiro atoms. The molecule has 0 aromatic heterocycles. The lowest BCUT2D eigenvalue weighted by Crippen LogP contribution is -2.53. The first-order chi connectivity index (χ1) is 27.7. The smallest absolute Gasteiger partial charge is 0.301 e. The molecule has 2 aliphatic heterocycles. The number of methoxy groups -OCH3 is 1. The van der Waals surface area contributed by atoms with Crippen molar-refractivity contribution in [3.8, 4) is 11.5 Å². The standard InChI is InChI=1S/C42H38N6O10/c1-22-10-13-25(14-11-22)43-46-39(51)30-21-29-27(36(23-12-17-33(49)34(18-23)58-4)42(30,41(46)53)24-8-6-5-7-9-24)15-16-28-35(29)40(52)45(38(28)50)26-19-31(47(54)55)37(44(2)3)32(20-26)48(56)57/h5-15,17-20,28-30,35-36,43,49H,16,21H2,1-4H3. The average Bonchev–Trinajstić information content (AvgIpc) is 3.59. The largest absolute Gasteiger partial charge is 0.504 e. The Morgan fingerprint density at radius 3 is 2.12 bits per heavy atom. The number of carbonyl (C=O) groups excluding carboxylic acids is 4. The Hall–Kier alpha value is -7.10. The Balaban J connectivity index is 1.31. The fourth-order valence-electron chi connectivity index (χ4n) is 9.71. The Bertz CT molecular complexity index is 2430. The maximum atomic E-state index is 15.3. The molecule has 8 rings (SSSR count). The van der Waals surface area contributed by atoms with Gasteiger partial charge in [0.25, 0.3) is 11.8 Å². The number of aryl methyl sites for hydroxylation is 1. The quantitative estimate of drug-likeness (QED) is 0.0897. The van der Waals surface area contributed by atoms with Gasteiger partial charge in [0.2, 0.25) is 11.8 Å². The summed E-state index contributed by atoms with van der Waals surface area (Å²) in [7, 11) is 4.21. The van der Waals surface area contributed by atoms with Crippen LogP contribution in [0.25, 0.3) is 0 Å². The van der Waals surface area contributed by atoms with Crippen molar-refractivity contribution >= 4 is 52.1 Å². The van der Waals surface area contributed by atoms with Crippen molar-refractivity contribution < 1.29 is 38.9 Å². The summed E-state index contributed by atoms with van der Waals surface area (Å²) in [6, 6.07) is 22.8. The van der Waals surface area contributed by atoms with Crippen LogP contribution in [-0.4, -0.2) is 64.8 Å². The second-order valence-corrected chi connectivity index (χ2v) is 15.3. The van der Waals surface area contributed by atoms with E-state index < -0.39 is 79.9 Å². The number of fused-ring (bicyclic) bond motifs is 4. The van der Waals surface area contributed by atoms with Crippen molar-refractivity contribution in [1.82, 2.24) is 5.01 Å². The number of ether oxygens (including phenoxy) is 1. The molecule has 2 saturated heterocycles. The van der Waals surface area contributed by atoms with Gasteiger partial charge >= 0.3 is 11.4 Å². The molecule has 16 nitrogen and oxygen atoms in total. The van der Waals surface area contributed by atoms with Crippen molar-refractivity contribution in [2.75, 3.05) is 36.4 Å². The lowest BCUT2D eigenvalue weighted by molar-refractivity contribution is -0.392. The Morgan fingerprint density at radius 1 is 0.862 bits per heavy atom. The van der Waals surface area contributed by atoms with Gasteiger partial charge in [0.05, 0.1) is 51.5 Å². The number of carbonyl (C=O) groups is 4. The SMILES string of the molecule is COc1cc(C2C3=CCC4C(=O)N(c5cc([N+](=O)[O-])c(N(C)C)c([N+](=O)[O-])c5)C(=O)C4C3CC3C(=O)N(Nc4ccc(C)cc4)C(=O)C32c2ccccc2)ccc1O. The molecule has 2 aliphatic carbocycles. The second-order valence-electron chi connectivity index (χ2n) is 15.3. The highest BCUT2D eigenvalue weighted by atomic mass is 16.6. The maximum absolute atomic E-state index is 15.3. The molecule has 2 heterocycles. The molecule has 296 valence electrons. The van der Waals surface area contributed by atoms with E-state index in [0.717, 1.165) is 27.6 Å². The zero-order valence-electron chi connectivity index (χ0n) is 31.8. The Kier molecular flexibility index (Phi) is 9.01. The summed E-state index contributed by atoms with van der Waals surface area (Å²) in [4.78, 5) is 84.3. The zero-order chi connectivity index (χ0) is 41.4. The van der Waals surface area contributed by atoms with Gasteiger partial charge < -0.3 is 14.7 Å². The summed E-state index contributed by atoms with van der Waals surface area (Å²) in [6.45, 7) is 1.91. The van der Waals surface area contributed by atoms with Crippen molar-refractivity contribution in [3.63, 3.8) is 0 Å². The van der Waals surface area contributed by atoms with E-state index in [1.807, 2.05) is 25.1 Å². The van der Waals surface area contributed by atoms with Crippen molar-refractivity contribution in [3.05, 3.63) is 133 Å². The number of rotatable bonds is 9. The lowest BCUT2D eigenvalue weighted by Gasteiger charge is -2.50. The topological polar surface area (TPSA) is 206 Å². The molecule has 0 bridgehead atoms. The number of nitrogens with one attached hydrogen (secondary N) is 1. The fourth-order valence-corrected chi connectivity index (χ4v) is 9.71. The number of amides is 4. The number of nitrogens with zero attached hydrogens (tertiary/aromatic N) is 5. The van der Waals surface area contributed by atoms with Gasteiger partial charge in [-0.25, -0.2) is 4.90 Å². The van der Waals surface area contributed by atoms with E-state index in [1.165, 1.54) is 32.2 Å². The molecule has 4 aliphatic rings. The van der Waals surface area contributed by atoms with Gasteiger partial charge in [-0.3, -0.25) is 44.8 Å². The number of anilines is 3. The first kappa shape index (κ1) is 37.8. The van der Waals surface area contributed by atoms with Crippen LogP contribution in [0.1, 0.15) is 35.4 Å². The van der Waals surface area contributed by atoms with Crippen molar-refractivity contribution in [2.24, 2.45) is 23.7 Å². The highest BCUT2D eigenvalue weighted by molar-refractivity contribution is 6.23. The third-order valence-electron chi connectivity index (χ3n) is 12.1. The van der Waals surface area contributed by atoms with Gasteiger partial charge in [-0.05, 0) is 61.1 Å². The fraction of sp³-hybridized carbons (Fsp3) is 0.286. The van der Waals surface area contributed by atoms with Crippen molar-refractivity contribution in [2.45, 2.75) is 31.1 Å². The van der Waals surface area contributed by atoms with E-state index in [2.05, 4.69) is 5.43 Å². The van der Waals surface area contributed by atoms with Crippen LogP contribution in [0.2, 0.25) is 0 Å². The van der Waals surface area contributed by atoms with Crippen LogP contribution in [0.4, 0.5) is 28.4 Å². The molecule has 3 fully saturated rings. The predicted molar refractivity (Wildman–Crippen MR) is 210 cm³/mol. The lowest BCUT2D eigenvalue weighted by atomic mass is 9.49. The highest BCUT2D eigenvalue weighted by Crippen LogP contribution is 2.64. The minimum Gasteiger partial charge on any atom is -0.504 e. The average molecular weight is 787 g/mol. The molecule has 58 heavy (non-hydrogen) atoms. The van der Waals surface area contributed by atoms with Crippen LogP contribution in [0, 0.1) is 50.8 Å². The van der Waals surface area contributed by atoms with Gasteiger partial charge in [0, 0.05) is 32.1 Å². The second kappa shape index (κ2) is 13.8. The number of imide groups is 2. The van der Waals surface area contributed by atoms with Gasteiger partial charge in [0.1, 0.15) is 0 Å². The zero-order valence-corrected chi connectivity index (χ0v) is 31.8. The van der Waals surface area contributed by atoms with E-state index in [4.69, 9.17) is 4.74 Å². The summed E-state index contributed by atoms with van der Waals surface area (Å²) < 4.78 is 5.51. The van der Waals surface area contributed by atoms with E-state index in [0.29, 0.717) is 22.4 Å². The number of aromatic hydroxyl groups is 1. The molecule has 0 radical (unpaired) electrons. The summed E-state index contributed by atoms with van der Waals surface area (Å²) in [5.74, 6) is -7.41. The van der Waals surface area contributed by atoms with Crippen LogP contribution in [0.3, 0.4) is 0 Å². The molecule has 6 atom stereocenters. The predicted octanol–water partition coefficient (Wildman–Crippen LogP) is 5.78. The molecular formula is C42H38N6O10. The molecule has 16 heteroatoms. The van der Waals surface area contributed by atoms with E-state index in [-0.39, 0.29) is 35.7 Å². The minimum atomic E-state index is -1.58. The van der Waals surface area contributed by atoms with Crippen LogP contribution < -0.4 is 20.0 Å². The number of phenolic OH excluding ortho intramolecular Hbond substituents is 1. The minimum absolute atomic E-state index is 0.0308. The number of nitro benzene ring substituents is 2. The molecule has 1 saturated carbocycles. The number of hydrogen-bond acceptors (Lipinski definition) is 12. The van der Waals surface area contributed by atoms with Crippen LogP contribution in [0.15, 0.2) is 96.6 Å². The number of allylic oxidation sites excluding steroid dienone is 2. The normalized spacial score (nSPS) is 24.8. The first-order valence-electron chi connectivity index (χ1n) is 18.6. The molecule has 4 aromatic carbocycles. The summed E-state index contributed by atoms with van der Waals surface area (Å²) in [6.07, 6.45) is 1.84. The molecule has 2 N–H and O–H groups in total. The molecular weight excluding hydrogens is 748 g/mol. The molecule has 4 aromatic rings. The van der Waals surface area contributed by atoms with Crippen LogP contribution in [0.5, 0.6) is 11.5 Å². The van der Waals surface area contributed by atoms with E-state index in [1.54, 1.807) is 54.6 Å². The van der Waals surface area contributed by atoms with Gasteiger partial charge in [-0.1, -0.05) is 65.7 Å². The number of hydrazine groups is 1. The van der Waals surface area contributed by atoms with Crippen LogP contribution >= 0.6 is 0 Å². The van der Waals surface area contributed by atoms with E-state index >= 15 is 4.79 Å². The first-order valence-corrected chi connectivity index (χ1v) is 18.6. The number of benzene rings is 4. The number of phenols is 1. The molecule has 6 unspecified atom stereocenters. The monoisotopic (exact) mass is 786 g/mol. The summed E-state index contributed by atoms with van der Waals surface area (Å²) in [5, 5.41) is 36.2. The van der Waals surface area contributed by atoms with E-state index in [9.17, 15) is 39.7 Å². The third-order valence-corrected chi connectivity index (χ3v) is 12.1. The maximum Gasteiger partial charge on any atom is 0.301 e. The van der Waals surface area contributed by atoms with Gasteiger partial charge in [0.15, 0.2) is 17.2 Å². The van der Waals surface area contributed by atoms with Crippen molar-refractivity contribution in [1.29, 1.82) is 0 Å². The third kappa shape index (κ3) is 5.49.